The second-order valence-corrected chi connectivity index (χ2v) is 4.33. The predicted octanol–water partition coefficient (Wildman–Crippen LogP) is 3.27. The van der Waals surface area contributed by atoms with Crippen LogP contribution in [-0.4, -0.2) is 15.0 Å². The minimum atomic E-state index is 0.680. The molecule has 4 heteroatoms. The molecule has 0 atom stereocenters. The Morgan fingerprint density at radius 1 is 0.882 bits per heavy atom. The predicted molar refractivity (Wildman–Crippen MR) is 68.6 cm³/mol. The summed E-state index contributed by atoms with van der Waals surface area (Å²) in [5, 5.41) is 2.88. The smallest absolute Gasteiger partial charge is 0.188 e. The highest BCUT2D eigenvalue weighted by atomic mass is 32.1. The Bertz CT molecular complexity index is 551. The standard InChI is InChI=1S/C13H9N3S/c1-2-5-10(6-3-1)11-9-17-13(16-11)12-14-7-4-8-15-12/h1-9H. The number of rotatable bonds is 2. The van der Waals surface area contributed by atoms with Crippen LogP contribution in [0.1, 0.15) is 0 Å². The maximum absolute atomic E-state index is 4.54. The van der Waals surface area contributed by atoms with Crippen molar-refractivity contribution in [1.29, 1.82) is 0 Å². The Morgan fingerprint density at radius 3 is 2.41 bits per heavy atom. The first-order valence-corrected chi connectivity index (χ1v) is 6.10. The molecule has 2 aromatic heterocycles. The van der Waals surface area contributed by atoms with Gasteiger partial charge in [0, 0.05) is 23.3 Å². The molecule has 3 rings (SSSR count). The molecule has 1 aromatic carbocycles. The van der Waals surface area contributed by atoms with E-state index in [0.29, 0.717) is 5.82 Å². The molecule has 3 aromatic rings. The van der Waals surface area contributed by atoms with Crippen molar-refractivity contribution in [1.82, 2.24) is 15.0 Å². The molecule has 0 aliphatic rings. The van der Waals surface area contributed by atoms with E-state index in [4.69, 9.17) is 0 Å². The topological polar surface area (TPSA) is 38.7 Å². The molecule has 0 amide bonds. The first kappa shape index (κ1) is 10.1. The Hall–Kier alpha value is -2.07. The van der Waals surface area contributed by atoms with Crippen LogP contribution >= 0.6 is 11.3 Å². The van der Waals surface area contributed by atoms with Crippen molar-refractivity contribution in [2.45, 2.75) is 0 Å². The highest BCUT2D eigenvalue weighted by molar-refractivity contribution is 7.13. The van der Waals surface area contributed by atoms with Crippen LogP contribution in [0.25, 0.3) is 22.1 Å². The van der Waals surface area contributed by atoms with Gasteiger partial charge in [0.05, 0.1) is 5.69 Å². The van der Waals surface area contributed by atoms with Crippen LogP contribution in [0.3, 0.4) is 0 Å². The molecule has 0 spiro atoms. The molecular weight excluding hydrogens is 230 g/mol. The van der Waals surface area contributed by atoms with E-state index in [1.54, 1.807) is 29.8 Å². The third kappa shape index (κ3) is 2.07. The fourth-order valence-corrected chi connectivity index (χ4v) is 2.30. The molecule has 0 unspecified atom stereocenters. The number of thiazole rings is 1. The monoisotopic (exact) mass is 239 g/mol. The third-order valence-corrected chi connectivity index (χ3v) is 3.17. The van der Waals surface area contributed by atoms with Crippen molar-refractivity contribution >= 4 is 11.3 Å². The molecular formula is C13H9N3S. The summed E-state index contributed by atoms with van der Waals surface area (Å²) in [6.45, 7) is 0. The second kappa shape index (κ2) is 4.43. The molecule has 0 bridgehead atoms. The lowest BCUT2D eigenvalue weighted by Crippen LogP contribution is -1.85. The van der Waals surface area contributed by atoms with Crippen LogP contribution in [-0.2, 0) is 0 Å². The van der Waals surface area contributed by atoms with Crippen LogP contribution in [0, 0.1) is 0 Å². The van der Waals surface area contributed by atoms with E-state index in [2.05, 4.69) is 15.0 Å². The van der Waals surface area contributed by atoms with Gasteiger partial charge >= 0.3 is 0 Å². The fourth-order valence-electron chi connectivity index (χ4n) is 1.53. The lowest BCUT2D eigenvalue weighted by molar-refractivity contribution is 1.16. The Morgan fingerprint density at radius 2 is 1.65 bits per heavy atom. The zero-order chi connectivity index (χ0) is 11.5. The van der Waals surface area contributed by atoms with Crippen molar-refractivity contribution < 1.29 is 0 Å². The van der Waals surface area contributed by atoms with Crippen LogP contribution in [0.2, 0.25) is 0 Å². The zero-order valence-electron chi connectivity index (χ0n) is 8.95. The SMILES string of the molecule is c1ccc(-c2csc(-c3ncccn3)n2)cc1. The highest BCUT2D eigenvalue weighted by Crippen LogP contribution is 2.26. The van der Waals surface area contributed by atoms with Gasteiger partial charge in [-0.25, -0.2) is 15.0 Å². The quantitative estimate of drug-likeness (QED) is 0.689. The van der Waals surface area contributed by atoms with Crippen LogP contribution in [0.4, 0.5) is 0 Å². The molecule has 0 radical (unpaired) electrons. The molecule has 3 nitrogen and oxygen atoms in total. The van der Waals surface area contributed by atoms with Gasteiger partial charge in [-0.3, -0.25) is 0 Å². The molecule has 0 saturated heterocycles. The number of nitrogens with zero attached hydrogens (tertiary/aromatic N) is 3. The Kier molecular flexibility index (Phi) is 2.63. The summed E-state index contributed by atoms with van der Waals surface area (Å²) in [6, 6.07) is 11.9. The van der Waals surface area contributed by atoms with Gasteiger partial charge in [0.2, 0.25) is 0 Å². The summed E-state index contributed by atoms with van der Waals surface area (Å²) in [7, 11) is 0. The van der Waals surface area contributed by atoms with Crippen LogP contribution < -0.4 is 0 Å². The minimum Gasteiger partial charge on any atom is -0.234 e. The van der Waals surface area contributed by atoms with Gasteiger partial charge in [-0.05, 0) is 6.07 Å². The Labute approximate surface area is 103 Å². The third-order valence-electron chi connectivity index (χ3n) is 2.33. The van der Waals surface area contributed by atoms with Crippen LogP contribution in [0.15, 0.2) is 54.2 Å². The minimum absolute atomic E-state index is 0.680. The zero-order valence-corrected chi connectivity index (χ0v) is 9.76. The first-order chi connectivity index (χ1) is 8.43. The highest BCUT2D eigenvalue weighted by Gasteiger charge is 2.07. The van der Waals surface area contributed by atoms with Gasteiger partial charge < -0.3 is 0 Å². The molecule has 82 valence electrons. The molecule has 0 N–H and O–H groups in total. The fraction of sp³-hybridized carbons (Fsp3) is 0. The van der Waals surface area contributed by atoms with Crippen molar-refractivity contribution in [2.75, 3.05) is 0 Å². The maximum Gasteiger partial charge on any atom is 0.188 e. The van der Waals surface area contributed by atoms with E-state index in [1.807, 2.05) is 35.7 Å². The summed E-state index contributed by atoms with van der Waals surface area (Å²) in [4.78, 5) is 12.9. The normalized spacial score (nSPS) is 10.4. The van der Waals surface area contributed by atoms with E-state index in [9.17, 15) is 0 Å². The lowest BCUT2D eigenvalue weighted by Gasteiger charge is -1.94. The molecule has 17 heavy (non-hydrogen) atoms. The van der Waals surface area contributed by atoms with E-state index < -0.39 is 0 Å². The molecule has 0 saturated carbocycles. The van der Waals surface area contributed by atoms with Crippen molar-refractivity contribution in [3.05, 3.63) is 54.2 Å². The van der Waals surface area contributed by atoms with E-state index in [0.717, 1.165) is 16.3 Å². The summed E-state index contributed by atoms with van der Waals surface area (Å²) in [6.07, 6.45) is 3.46. The van der Waals surface area contributed by atoms with Crippen molar-refractivity contribution in [2.24, 2.45) is 0 Å². The van der Waals surface area contributed by atoms with Gasteiger partial charge in [0.1, 0.15) is 0 Å². The average Bonchev–Trinajstić information content (AvgIpc) is 2.90. The molecule has 0 aliphatic carbocycles. The summed E-state index contributed by atoms with van der Waals surface area (Å²) in [5.41, 5.74) is 2.09. The van der Waals surface area contributed by atoms with E-state index >= 15 is 0 Å². The molecule has 2 heterocycles. The summed E-state index contributed by atoms with van der Waals surface area (Å²) >= 11 is 1.56. The number of benzene rings is 1. The van der Waals surface area contributed by atoms with Crippen molar-refractivity contribution in [3.8, 4) is 22.1 Å². The summed E-state index contributed by atoms with van der Waals surface area (Å²) < 4.78 is 0. The van der Waals surface area contributed by atoms with Gasteiger partial charge in [-0.1, -0.05) is 30.3 Å². The maximum atomic E-state index is 4.54. The van der Waals surface area contributed by atoms with Crippen LogP contribution in [0.5, 0.6) is 0 Å². The van der Waals surface area contributed by atoms with Gasteiger partial charge in [-0.2, -0.15) is 0 Å². The first-order valence-electron chi connectivity index (χ1n) is 5.22. The lowest BCUT2D eigenvalue weighted by atomic mass is 10.2. The number of aromatic nitrogens is 3. The van der Waals surface area contributed by atoms with Gasteiger partial charge in [-0.15, -0.1) is 11.3 Å². The van der Waals surface area contributed by atoms with Gasteiger partial charge in [0.25, 0.3) is 0 Å². The van der Waals surface area contributed by atoms with Crippen molar-refractivity contribution in [3.63, 3.8) is 0 Å². The van der Waals surface area contributed by atoms with Gasteiger partial charge in [0.15, 0.2) is 10.8 Å². The molecule has 0 aliphatic heterocycles. The second-order valence-electron chi connectivity index (χ2n) is 3.48. The number of hydrogen-bond donors (Lipinski definition) is 0. The van der Waals surface area contributed by atoms with E-state index in [1.165, 1.54) is 0 Å². The number of hydrogen-bond acceptors (Lipinski definition) is 4. The summed E-state index contributed by atoms with van der Waals surface area (Å²) in [5.74, 6) is 0.680. The Balaban J connectivity index is 1.99. The largest absolute Gasteiger partial charge is 0.234 e. The molecule has 0 fully saturated rings. The average molecular weight is 239 g/mol. The van der Waals surface area contributed by atoms with E-state index in [-0.39, 0.29) is 0 Å².